The van der Waals surface area contributed by atoms with E-state index in [-0.39, 0.29) is 17.3 Å². The number of fused-ring (bicyclic) bond motifs is 1. The van der Waals surface area contributed by atoms with E-state index in [9.17, 15) is 4.79 Å². The molecule has 4 aromatic rings. The zero-order valence-electron chi connectivity index (χ0n) is 22.8. The SMILES string of the molecule is Cc1cc(CN(C(=O)c2ccc3oc(Cl)nc3c2)C2CCCC2)c(C)n1C.Cc1cc(CN)c(C)n1C. The van der Waals surface area contributed by atoms with E-state index in [1.165, 1.54) is 46.7 Å². The van der Waals surface area contributed by atoms with Crippen LogP contribution in [0.1, 0.15) is 69.9 Å². The van der Waals surface area contributed by atoms with Gasteiger partial charge in [0, 0.05) is 61.6 Å². The molecule has 1 amide bonds. The summed E-state index contributed by atoms with van der Waals surface area (Å²) < 4.78 is 9.65. The number of aromatic nitrogens is 3. The molecule has 8 heteroatoms. The number of halogens is 1. The summed E-state index contributed by atoms with van der Waals surface area (Å²) in [5.74, 6) is 0.0452. The predicted molar refractivity (Wildman–Crippen MR) is 149 cm³/mol. The number of rotatable bonds is 5. The van der Waals surface area contributed by atoms with E-state index in [0.717, 1.165) is 12.8 Å². The van der Waals surface area contributed by atoms with Gasteiger partial charge in [0.15, 0.2) is 5.58 Å². The number of benzene rings is 1. The number of oxazole rings is 1. The number of amides is 1. The normalized spacial score (nSPS) is 13.7. The van der Waals surface area contributed by atoms with E-state index >= 15 is 0 Å². The van der Waals surface area contributed by atoms with Crippen LogP contribution in [-0.2, 0) is 27.2 Å². The molecule has 0 aliphatic heterocycles. The van der Waals surface area contributed by atoms with Crippen LogP contribution in [0.3, 0.4) is 0 Å². The molecular formula is C29H38ClN5O2. The van der Waals surface area contributed by atoms with Crippen LogP contribution in [0.25, 0.3) is 11.1 Å². The molecule has 2 N–H and O–H groups in total. The second-order valence-corrected chi connectivity index (χ2v) is 10.5. The number of nitrogens with zero attached hydrogens (tertiary/aromatic N) is 4. The van der Waals surface area contributed by atoms with Gasteiger partial charge >= 0.3 is 0 Å². The summed E-state index contributed by atoms with van der Waals surface area (Å²) in [5.41, 5.74) is 14.8. The average Bonchev–Trinajstić information content (AvgIpc) is 3.64. The molecule has 37 heavy (non-hydrogen) atoms. The minimum atomic E-state index is 0.0452. The van der Waals surface area contributed by atoms with Crippen molar-refractivity contribution in [2.24, 2.45) is 19.8 Å². The molecule has 3 heterocycles. The van der Waals surface area contributed by atoms with Crippen molar-refractivity contribution in [3.8, 4) is 0 Å². The maximum atomic E-state index is 13.4. The first-order chi connectivity index (χ1) is 17.6. The molecule has 198 valence electrons. The maximum Gasteiger partial charge on any atom is 0.293 e. The predicted octanol–water partition coefficient (Wildman–Crippen LogP) is 6.12. The standard InChI is InChI=1S/C21H24ClN3O2.C8H14N2/c1-13-10-16(14(2)24(13)3)12-25(17-6-4-5-7-17)20(26)15-8-9-19-18(11-15)23-21(22)27-19;1-6-4-8(5-9)7(2)10(6)3/h8-11,17H,4-7,12H2,1-3H3;4H,5,9H2,1-3H3. The van der Waals surface area contributed by atoms with Gasteiger partial charge in [-0.1, -0.05) is 12.8 Å². The maximum absolute atomic E-state index is 13.4. The molecule has 5 rings (SSSR count). The van der Waals surface area contributed by atoms with E-state index in [0.29, 0.717) is 29.8 Å². The second kappa shape index (κ2) is 11.2. The summed E-state index contributed by atoms with van der Waals surface area (Å²) in [6, 6.07) is 9.95. The Kier molecular flexibility index (Phi) is 8.14. The van der Waals surface area contributed by atoms with E-state index in [2.05, 4.69) is 68.0 Å². The molecule has 1 aliphatic rings. The van der Waals surface area contributed by atoms with Gasteiger partial charge in [-0.05, 0) is 93.6 Å². The molecule has 1 aromatic carbocycles. The zero-order valence-corrected chi connectivity index (χ0v) is 23.5. The molecule has 0 unspecified atom stereocenters. The van der Waals surface area contributed by atoms with Crippen molar-refractivity contribution in [3.63, 3.8) is 0 Å². The minimum Gasteiger partial charge on any atom is -0.428 e. The van der Waals surface area contributed by atoms with Crippen LogP contribution in [-0.4, -0.2) is 31.0 Å². The van der Waals surface area contributed by atoms with Crippen molar-refractivity contribution in [3.05, 3.63) is 75.1 Å². The monoisotopic (exact) mass is 523 g/mol. The number of aryl methyl sites for hydroxylation is 2. The first-order valence-electron chi connectivity index (χ1n) is 12.9. The van der Waals surface area contributed by atoms with Crippen LogP contribution >= 0.6 is 11.6 Å². The van der Waals surface area contributed by atoms with Gasteiger partial charge in [0.1, 0.15) is 5.52 Å². The van der Waals surface area contributed by atoms with Gasteiger partial charge in [0.05, 0.1) is 0 Å². The van der Waals surface area contributed by atoms with Crippen molar-refractivity contribution < 1.29 is 9.21 Å². The Morgan fingerprint density at radius 1 is 1.03 bits per heavy atom. The van der Waals surface area contributed by atoms with Gasteiger partial charge in [0.25, 0.3) is 11.3 Å². The molecule has 0 radical (unpaired) electrons. The summed E-state index contributed by atoms with van der Waals surface area (Å²) in [6.45, 7) is 9.67. The summed E-state index contributed by atoms with van der Waals surface area (Å²) in [6.07, 6.45) is 4.49. The van der Waals surface area contributed by atoms with E-state index < -0.39 is 0 Å². The zero-order chi connectivity index (χ0) is 26.9. The van der Waals surface area contributed by atoms with Crippen molar-refractivity contribution in [2.45, 2.75) is 72.5 Å². The Morgan fingerprint density at radius 3 is 2.14 bits per heavy atom. The number of hydrogen-bond acceptors (Lipinski definition) is 4. The van der Waals surface area contributed by atoms with Crippen molar-refractivity contribution in [2.75, 3.05) is 0 Å². The first-order valence-corrected chi connectivity index (χ1v) is 13.3. The molecule has 0 spiro atoms. The summed E-state index contributed by atoms with van der Waals surface area (Å²) in [5, 5.41) is 0.0950. The fourth-order valence-corrected chi connectivity index (χ4v) is 5.37. The molecule has 3 aromatic heterocycles. The Bertz CT molecular complexity index is 1410. The Labute approximate surface area is 224 Å². The summed E-state index contributed by atoms with van der Waals surface area (Å²) in [7, 11) is 4.13. The lowest BCUT2D eigenvalue weighted by Gasteiger charge is -2.29. The van der Waals surface area contributed by atoms with Crippen LogP contribution in [0.15, 0.2) is 34.7 Å². The lowest BCUT2D eigenvalue weighted by molar-refractivity contribution is 0.0664. The van der Waals surface area contributed by atoms with Crippen molar-refractivity contribution >= 4 is 28.6 Å². The van der Waals surface area contributed by atoms with E-state index in [1.807, 2.05) is 4.90 Å². The van der Waals surface area contributed by atoms with E-state index in [4.69, 9.17) is 21.8 Å². The molecule has 0 bridgehead atoms. The molecular weight excluding hydrogens is 486 g/mol. The minimum absolute atomic E-state index is 0.0452. The van der Waals surface area contributed by atoms with E-state index in [1.54, 1.807) is 18.2 Å². The molecule has 1 saturated carbocycles. The third kappa shape index (κ3) is 5.63. The van der Waals surface area contributed by atoms with Crippen LogP contribution in [0.2, 0.25) is 5.35 Å². The number of nitrogens with two attached hydrogens (primary N) is 1. The second-order valence-electron chi connectivity index (χ2n) is 10.1. The van der Waals surface area contributed by atoms with Gasteiger partial charge in [-0.15, -0.1) is 0 Å². The highest BCUT2D eigenvalue weighted by molar-refractivity contribution is 6.28. The largest absolute Gasteiger partial charge is 0.428 e. The van der Waals surface area contributed by atoms with Crippen LogP contribution in [0.5, 0.6) is 0 Å². The van der Waals surface area contributed by atoms with Gasteiger partial charge in [-0.3, -0.25) is 4.79 Å². The lowest BCUT2D eigenvalue weighted by atomic mass is 10.1. The smallest absolute Gasteiger partial charge is 0.293 e. The topological polar surface area (TPSA) is 82.2 Å². The quantitative estimate of drug-likeness (QED) is 0.341. The fourth-order valence-electron chi connectivity index (χ4n) is 5.20. The average molecular weight is 524 g/mol. The summed E-state index contributed by atoms with van der Waals surface area (Å²) >= 11 is 5.85. The van der Waals surface area contributed by atoms with Crippen LogP contribution < -0.4 is 5.73 Å². The molecule has 0 atom stereocenters. The third-order valence-electron chi connectivity index (χ3n) is 7.96. The van der Waals surface area contributed by atoms with Crippen molar-refractivity contribution in [1.29, 1.82) is 0 Å². The van der Waals surface area contributed by atoms with Crippen LogP contribution in [0.4, 0.5) is 0 Å². The first kappa shape index (κ1) is 27.0. The van der Waals surface area contributed by atoms with Crippen molar-refractivity contribution in [1.82, 2.24) is 19.0 Å². The molecule has 1 fully saturated rings. The highest BCUT2D eigenvalue weighted by Crippen LogP contribution is 2.29. The van der Waals surface area contributed by atoms with Gasteiger partial charge in [-0.25, -0.2) is 0 Å². The Morgan fingerprint density at radius 2 is 1.62 bits per heavy atom. The third-order valence-corrected chi connectivity index (χ3v) is 8.12. The van der Waals surface area contributed by atoms with Crippen LogP contribution in [0, 0.1) is 27.7 Å². The Balaban J connectivity index is 0.000000270. The molecule has 1 aliphatic carbocycles. The molecule has 7 nitrogen and oxygen atoms in total. The summed E-state index contributed by atoms with van der Waals surface area (Å²) in [4.78, 5) is 19.6. The van der Waals surface area contributed by atoms with Gasteiger partial charge in [-0.2, -0.15) is 4.98 Å². The number of hydrogen-bond donors (Lipinski definition) is 1. The highest BCUT2D eigenvalue weighted by atomic mass is 35.5. The Hall–Kier alpha value is -3.03. The van der Waals surface area contributed by atoms with Gasteiger partial charge in [0.2, 0.25) is 0 Å². The number of carbonyl (C=O) groups excluding carboxylic acids is 1. The van der Waals surface area contributed by atoms with Gasteiger partial charge < -0.3 is 24.2 Å². The fraction of sp³-hybridized carbons (Fsp3) is 0.448. The highest BCUT2D eigenvalue weighted by Gasteiger charge is 2.29. The lowest BCUT2D eigenvalue weighted by Crippen LogP contribution is -2.38. The molecule has 0 saturated heterocycles. The number of carbonyl (C=O) groups is 1.